The minimum Gasteiger partial charge on any atom is -0.477 e. The van der Waals surface area contributed by atoms with Crippen LogP contribution in [0.5, 0.6) is 5.75 Å². The lowest BCUT2D eigenvalue weighted by atomic mass is 10.1. The maximum Gasteiger partial charge on any atom is 0.311 e. The van der Waals surface area contributed by atoms with Crippen LogP contribution in [0.15, 0.2) is 58.3 Å². The first-order chi connectivity index (χ1) is 14.0. The normalized spacial score (nSPS) is 16.0. The second kappa shape index (κ2) is 8.14. The topological polar surface area (TPSA) is 85.0 Å². The van der Waals surface area contributed by atoms with E-state index in [4.69, 9.17) is 4.74 Å². The summed E-state index contributed by atoms with van der Waals surface area (Å²) in [7, 11) is 0. The molecule has 2 aromatic heterocycles. The molecule has 1 atom stereocenters. The fraction of sp³-hybridized carbons (Fsp3) is 0.200. The van der Waals surface area contributed by atoms with E-state index in [0.29, 0.717) is 6.42 Å². The van der Waals surface area contributed by atoms with Gasteiger partial charge in [0.05, 0.1) is 21.6 Å². The van der Waals surface area contributed by atoms with Crippen LogP contribution in [-0.2, 0) is 4.79 Å². The van der Waals surface area contributed by atoms with Gasteiger partial charge in [-0.2, -0.15) is 5.10 Å². The molecule has 0 fully saturated rings. The van der Waals surface area contributed by atoms with Crippen molar-refractivity contribution in [1.82, 2.24) is 5.01 Å². The summed E-state index contributed by atoms with van der Waals surface area (Å²) >= 11 is 3.15. The van der Waals surface area contributed by atoms with Crippen LogP contribution in [0.25, 0.3) is 0 Å². The van der Waals surface area contributed by atoms with Crippen LogP contribution in [0.4, 0.5) is 5.69 Å². The molecule has 4 rings (SSSR count). The zero-order chi connectivity index (χ0) is 20.4. The van der Waals surface area contributed by atoms with Gasteiger partial charge in [0.25, 0.3) is 5.91 Å². The number of hydrogen-bond donors (Lipinski definition) is 0. The van der Waals surface area contributed by atoms with E-state index >= 15 is 0 Å². The summed E-state index contributed by atoms with van der Waals surface area (Å²) in [6.45, 7) is 1.44. The second-order valence-electron chi connectivity index (χ2n) is 6.51. The van der Waals surface area contributed by atoms with Crippen LogP contribution in [0.3, 0.4) is 0 Å². The smallest absolute Gasteiger partial charge is 0.311 e. The van der Waals surface area contributed by atoms with E-state index in [-0.39, 0.29) is 30.0 Å². The van der Waals surface area contributed by atoms with Crippen molar-refractivity contribution >= 4 is 40.0 Å². The lowest BCUT2D eigenvalue weighted by molar-refractivity contribution is -0.385. The maximum absolute atomic E-state index is 12.9. The zero-order valence-corrected chi connectivity index (χ0v) is 17.1. The van der Waals surface area contributed by atoms with Crippen molar-refractivity contribution in [3.63, 3.8) is 0 Å². The summed E-state index contributed by atoms with van der Waals surface area (Å²) in [5.74, 6) is -0.270. The number of nitro benzene ring substituents is 1. The zero-order valence-electron chi connectivity index (χ0n) is 15.5. The van der Waals surface area contributed by atoms with Gasteiger partial charge in [-0.05, 0) is 41.4 Å². The number of carbonyl (C=O) groups excluding carboxylic acids is 1. The Morgan fingerprint density at radius 1 is 1.28 bits per heavy atom. The second-order valence-corrected chi connectivity index (χ2v) is 8.44. The average Bonchev–Trinajstić information content (AvgIpc) is 3.47. The van der Waals surface area contributed by atoms with E-state index in [9.17, 15) is 14.9 Å². The number of nitrogens with zero attached hydrogens (tertiary/aromatic N) is 3. The summed E-state index contributed by atoms with van der Waals surface area (Å²) in [4.78, 5) is 25.7. The molecule has 1 unspecified atom stereocenters. The van der Waals surface area contributed by atoms with Gasteiger partial charge in [0, 0.05) is 17.4 Å². The molecular formula is C20H17N3O4S2. The lowest BCUT2D eigenvalue weighted by Gasteiger charge is -2.20. The molecule has 3 heterocycles. The molecule has 0 N–H and O–H groups in total. The average molecular weight is 428 g/mol. The first-order valence-electron chi connectivity index (χ1n) is 8.87. The highest BCUT2D eigenvalue weighted by Crippen LogP contribution is 2.36. The Hall–Kier alpha value is -3.04. The van der Waals surface area contributed by atoms with E-state index in [1.54, 1.807) is 35.7 Å². The highest BCUT2D eigenvalue weighted by Gasteiger charge is 2.34. The van der Waals surface area contributed by atoms with Crippen LogP contribution in [0, 0.1) is 17.0 Å². The number of ether oxygens (including phenoxy) is 1. The number of aryl methyl sites for hydroxylation is 1. The molecule has 1 aromatic carbocycles. The molecule has 1 aliphatic rings. The SMILES string of the molecule is Cc1ccc(OCC(=O)N2N=C(c3cccs3)CC2c2cccs2)c([N+](=O)[O-])c1. The molecule has 9 heteroatoms. The summed E-state index contributed by atoms with van der Waals surface area (Å²) in [6, 6.07) is 12.3. The van der Waals surface area contributed by atoms with Crippen LogP contribution in [0.1, 0.15) is 27.8 Å². The Morgan fingerprint density at radius 2 is 2.07 bits per heavy atom. The highest BCUT2D eigenvalue weighted by atomic mass is 32.1. The molecular weight excluding hydrogens is 410 g/mol. The fourth-order valence-electron chi connectivity index (χ4n) is 3.13. The molecule has 7 nitrogen and oxygen atoms in total. The first-order valence-corrected chi connectivity index (χ1v) is 10.6. The van der Waals surface area contributed by atoms with E-state index in [1.807, 2.05) is 35.0 Å². The van der Waals surface area contributed by atoms with E-state index in [1.165, 1.54) is 17.1 Å². The summed E-state index contributed by atoms with van der Waals surface area (Å²) in [5, 5.41) is 21.2. The van der Waals surface area contributed by atoms with Gasteiger partial charge >= 0.3 is 5.69 Å². The number of hydrogen-bond acceptors (Lipinski definition) is 7. The molecule has 1 amide bonds. The molecule has 0 aliphatic carbocycles. The Balaban J connectivity index is 1.55. The number of nitro groups is 1. The quantitative estimate of drug-likeness (QED) is 0.418. The predicted octanol–water partition coefficient (Wildman–Crippen LogP) is 4.78. The molecule has 0 radical (unpaired) electrons. The number of rotatable bonds is 6. The predicted molar refractivity (Wildman–Crippen MR) is 113 cm³/mol. The van der Waals surface area contributed by atoms with Gasteiger partial charge in [0.1, 0.15) is 0 Å². The van der Waals surface area contributed by atoms with Crippen molar-refractivity contribution in [3.05, 3.63) is 78.7 Å². The van der Waals surface area contributed by atoms with E-state index < -0.39 is 4.92 Å². The summed E-state index contributed by atoms with van der Waals surface area (Å²) in [5.41, 5.74) is 1.45. The number of thiophene rings is 2. The third-order valence-electron chi connectivity index (χ3n) is 4.51. The van der Waals surface area contributed by atoms with Gasteiger partial charge in [-0.3, -0.25) is 14.9 Å². The molecule has 0 saturated carbocycles. The molecule has 29 heavy (non-hydrogen) atoms. The molecule has 0 spiro atoms. The van der Waals surface area contributed by atoms with E-state index in [0.717, 1.165) is 21.0 Å². The van der Waals surface area contributed by atoms with Gasteiger partial charge in [0.2, 0.25) is 0 Å². The third-order valence-corrected chi connectivity index (χ3v) is 6.40. The van der Waals surface area contributed by atoms with Crippen molar-refractivity contribution < 1.29 is 14.5 Å². The van der Waals surface area contributed by atoms with Crippen molar-refractivity contribution in [2.45, 2.75) is 19.4 Å². The molecule has 1 aliphatic heterocycles. The van der Waals surface area contributed by atoms with Crippen LogP contribution in [0.2, 0.25) is 0 Å². The number of benzene rings is 1. The fourth-order valence-corrected chi connectivity index (χ4v) is 4.66. The van der Waals surface area contributed by atoms with Crippen molar-refractivity contribution in [2.24, 2.45) is 5.10 Å². The monoisotopic (exact) mass is 427 g/mol. The van der Waals surface area contributed by atoms with Crippen LogP contribution < -0.4 is 4.74 Å². The third kappa shape index (κ3) is 4.06. The first kappa shape index (κ1) is 19.3. The summed E-state index contributed by atoms with van der Waals surface area (Å²) in [6.07, 6.45) is 0.622. The number of hydrazone groups is 1. The Kier molecular flexibility index (Phi) is 5.41. The van der Waals surface area contributed by atoms with Crippen molar-refractivity contribution in [1.29, 1.82) is 0 Å². The minimum atomic E-state index is -0.510. The lowest BCUT2D eigenvalue weighted by Crippen LogP contribution is -2.31. The van der Waals surface area contributed by atoms with Gasteiger partial charge < -0.3 is 4.74 Å². The van der Waals surface area contributed by atoms with Crippen LogP contribution in [-0.4, -0.2) is 28.2 Å². The number of carbonyl (C=O) groups is 1. The van der Waals surface area contributed by atoms with Crippen LogP contribution >= 0.6 is 22.7 Å². The Morgan fingerprint density at radius 3 is 2.76 bits per heavy atom. The molecule has 0 bridgehead atoms. The van der Waals surface area contributed by atoms with E-state index in [2.05, 4.69) is 5.10 Å². The van der Waals surface area contributed by atoms with Crippen molar-refractivity contribution in [3.8, 4) is 5.75 Å². The molecule has 3 aromatic rings. The van der Waals surface area contributed by atoms with Crippen molar-refractivity contribution in [2.75, 3.05) is 6.61 Å². The van der Waals surface area contributed by atoms with Gasteiger partial charge in [-0.1, -0.05) is 18.2 Å². The highest BCUT2D eigenvalue weighted by molar-refractivity contribution is 7.12. The maximum atomic E-state index is 12.9. The standard InChI is InChI=1S/C20H17N3O4S2/c1-13-6-7-17(15(10-13)23(25)26)27-12-20(24)22-16(19-5-3-9-29-19)11-14(21-22)18-4-2-8-28-18/h2-10,16H,11-12H2,1H3. The Bertz CT molecular complexity index is 1060. The minimum absolute atomic E-state index is 0.0725. The van der Waals surface area contributed by atoms with Gasteiger partial charge in [0.15, 0.2) is 12.4 Å². The Labute approximate surface area is 175 Å². The summed E-state index contributed by atoms with van der Waals surface area (Å²) < 4.78 is 5.52. The molecule has 0 saturated heterocycles. The van der Waals surface area contributed by atoms with Gasteiger partial charge in [-0.15, -0.1) is 22.7 Å². The molecule has 148 valence electrons. The largest absolute Gasteiger partial charge is 0.477 e. The number of amides is 1. The van der Waals surface area contributed by atoms with Gasteiger partial charge in [-0.25, -0.2) is 5.01 Å².